The number of rotatable bonds is 11. The van der Waals surface area contributed by atoms with E-state index in [1.54, 1.807) is 12.4 Å². The van der Waals surface area contributed by atoms with Gasteiger partial charge >= 0.3 is 12.6 Å². The molecule has 1 aromatic heterocycles. The lowest BCUT2D eigenvalue weighted by Crippen LogP contribution is -2.16. The number of carbonyl (C=O) groups excluding carboxylic acids is 1. The minimum Gasteiger partial charge on any atom is -0.489 e. The maximum atomic E-state index is 12.8. The summed E-state index contributed by atoms with van der Waals surface area (Å²) in [7, 11) is 0. The van der Waals surface area contributed by atoms with Gasteiger partial charge in [0.25, 0.3) is 0 Å². The highest BCUT2D eigenvalue weighted by Crippen LogP contribution is 2.37. The Hall–Kier alpha value is -2.16. The molecule has 1 aromatic carbocycles. The molecule has 0 spiro atoms. The van der Waals surface area contributed by atoms with Gasteiger partial charge in [-0.2, -0.15) is 8.78 Å². The van der Waals surface area contributed by atoms with Crippen molar-refractivity contribution in [2.75, 3.05) is 13.2 Å². The Balaban J connectivity index is 1.92. The number of aliphatic hydroxyl groups is 1. The monoisotopic (exact) mass is 476 g/mol. The summed E-state index contributed by atoms with van der Waals surface area (Å²) in [5, 5.41) is 9.73. The van der Waals surface area contributed by atoms with Crippen molar-refractivity contribution in [3.8, 4) is 11.5 Å². The largest absolute Gasteiger partial charge is 0.489 e. The number of hydrogen-bond donors (Lipinski definition) is 1. The smallest absolute Gasteiger partial charge is 0.387 e. The zero-order valence-corrected chi connectivity index (χ0v) is 18.0. The molecule has 1 heterocycles. The second kappa shape index (κ2) is 10.9. The Morgan fingerprint density at radius 1 is 1.19 bits per heavy atom. The predicted molar refractivity (Wildman–Crippen MR) is 109 cm³/mol. The first kappa shape index (κ1) is 23.5. The van der Waals surface area contributed by atoms with Crippen molar-refractivity contribution in [2.45, 2.75) is 38.4 Å². The number of carbonyl (C=O) groups is 1. The summed E-state index contributed by atoms with van der Waals surface area (Å²) in [6, 6.07) is 4.36. The van der Waals surface area contributed by atoms with E-state index < -0.39 is 18.7 Å². The van der Waals surface area contributed by atoms with Gasteiger partial charge in [0.05, 0.1) is 19.6 Å². The van der Waals surface area contributed by atoms with Crippen LogP contribution in [0.4, 0.5) is 8.78 Å². The molecule has 168 valence electrons. The first-order valence-corrected chi connectivity index (χ1v) is 10.5. The third-order valence-corrected chi connectivity index (χ3v) is 5.38. The van der Waals surface area contributed by atoms with Crippen LogP contribution < -0.4 is 14.5 Å². The molecule has 0 radical (unpaired) electrons. The molecule has 1 aliphatic carbocycles. The van der Waals surface area contributed by atoms with Gasteiger partial charge in [-0.3, -0.25) is 4.79 Å². The van der Waals surface area contributed by atoms with E-state index in [9.17, 15) is 13.6 Å². The van der Waals surface area contributed by atoms with Gasteiger partial charge in [0.15, 0.2) is 23.9 Å². The predicted octanol–water partition coefficient (Wildman–Crippen LogP) is 4.41. The number of esters is 1. The lowest BCUT2D eigenvalue weighted by Gasteiger charge is -2.21. The van der Waals surface area contributed by atoms with Crippen molar-refractivity contribution in [3.05, 3.63) is 51.8 Å². The molecule has 3 rings (SSSR count). The molecule has 0 unspecified atom stereocenters. The maximum Gasteiger partial charge on any atom is 0.387 e. The van der Waals surface area contributed by atoms with Gasteiger partial charge in [-0.25, -0.2) is 4.98 Å². The first-order valence-electron chi connectivity index (χ1n) is 9.73. The third-order valence-electron chi connectivity index (χ3n) is 4.70. The molecule has 1 fully saturated rings. The van der Waals surface area contributed by atoms with E-state index in [0.29, 0.717) is 33.7 Å². The van der Waals surface area contributed by atoms with Crippen molar-refractivity contribution in [3.63, 3.8) is 0 Å². The highest BCUT2D eigenvalue weighted by atomic mass is 35.5. The number of aliphatic hydroxyl groups excluding tert-OH is 1. The SMILES string of the molecule is O=C(CCO)O[C@@H](Cc1c(Cl)c[nH+]cc1Cl)c1ccc(OC(F)F)c(OCC2CC2)c1. The van der Waals surface area contributed by atoms with Gasteiger partial charge in [0, 0.05) is 12.0 Å². The molecule has 1 atom stereocenters. The number of alkyl halides is 2. The molecule has 31 heavy (non-hydrogen) atoms. The highest BCUT2D eigenvalue weighted by Gasteiger charge is 2.26. The van der Waals surface area contributed by atoms with E-state index >= 15 is 0 Å². The number of pyridine rings is 1. The summed E-state index contributed by atoms with van der Waals surface area (Å²) in [4.78, 5) is 14.9. The normalized spacial score (nSPS) is 14.4. The fourth-order valence-electron chi connectivity index (χ4n) is 2.92. The number of aromatic nitrogens is 1. The number of halogens is 4. The zero-order valence-electron chi connectivity index (χ0n) is 16.5. The fraction of sp³-hybridized carbons (Fsp3) is 0.429. The molecule has 6 nitrogen and oxygen atoms in total. The summed E-state index contributed by atoms with van der Waals surface area (Å²) in [6.07, 6.45) is 4.21. The van der Waals surface area contributed by atoms with Crippen LogP contribution in [0.5, 0.6) is 11.5 Å². The van der Waals surface area contributed by atoms with Crippen molar-refractivity contribution in [1.29, 1.82) is 0 Å². The van der Waals surface area contributed by atoms with Crippen molar-refractivity contribution >= 4 is 29.2 Å². The second-order valence-corrected chi connectivity index (χ2v) is 7.94. The molecule has 2 aromatic rings. The Labute approximate surface area is 188 Å². The quantitative estimate of drug-likeness (QED) is 0.486. The van der Waals surface area contributed by atoms with E-state index in [4.69, 9.17) is 37.8 Å². The maximum absolute atomic E-state index is 12.8. The third kappa shape index (κ3) is 6.92. The van der Waals surface area contributed by atoms with Crippen LogP contribution in [0.1, 0.15) is 36.5 Å². The molecular weight excluding hydrogens is 455 g/mol. The molecular formula is C21H22Cl2F2NO5+. The molecule has 0 saturated heterocycles. The first-order chi connectivity index (χ1) is 14.9. The summed E-state index contributed by atoms with van der Waals surface area (Å²) < 4.78 is 41.4. The number of ether oxygens (including phenoxy) is 3. The number of hydrogen-bond acceptors (Lipinski definition) is 5. The minimum absolute atomic E-state index is 0.106. The van der Waals surface area contributed by atoms with E-state index in [-0.39, 0.29) is 30.9 Å². The van der Waals surface area contributed by atoms with E-state index in [1.165, 1.54) is 18.2 Å². The Morgan fingerprint density at radius 3 is 2.52 bits per heavy atom. The van der Waals surface area contributed by atoms with Crippen molar-refractivity contribution in [2.24, 2.45) is 5.92 Å². The average molecular weight is 477 g/mol. The average Bonchev–Trinajstić information content (AvgIpc) is 3.53. The lowest BCUT2D eigenvalue weighted by atomic mass is 10.0. The second-order valence-electron chi connectivity index (χ2n) is 7.13. The van der Waals surface area contributed by atoms with Gasteiger partial charge < -0.3 is 19.3 Å². The number of nitrogens with one attached hydrogen (secondary N) is 1. The van der Waals surface area contributed by atoms with E-state index in [2.05, 4.69) is 9.72 Å². The van der Waals surface area contributed by atoms with Crippen LogP contribution >= 0.6 is 23.2 Å². The Kier molecular flexibility index (Phi) is 8.28. The highest BCUT2D eigenvalue weighted by molar-refractivity contribution is 6.35. The molecule has 1 aliphatic rings. The van der Waals surface area contributed by atoms with Crippen LogP contribution in [0.3, 0.4) is 0 Å². The summed E-state index contributed by atoms with van der Waals surface area (Å²) in [6.45, 7) is -3.00. The van der Waals surface area contributed by atoms with Crippen LogP contribution in [0, 0.1) is 5.92 Å². The van der Waals surface area contributed by atoms with Gasteiger partial charge in [-0.05, 0) is 36.5 Å². The number of H-pyrrole nitrogens is 1. The number of benzene rings is 1. The molecule has 0 amide bonds. The Bertz CT molecular complexity index is 891. The molecule has 2 N–H and O–H groups in total. The molecule has 0 aliphatic heterocycles. The van der Waals surface area contributed by atoms with E-state index in [0.717, 1.165) is 12.8 Å². The van der Waals surface area contributed by atoms with E-state index in [1.807, 2.05) is 0 Å². The summed E-state index contributed by atoms with van der Waals surface area (Å²) >= 11 is 12.5. The van der Waals surface area contributed by atoms with Gasteiger partial charge in [0.1, 0.15) is 16.1 Å². The van der Waals surface area contributed by atoms with Gasteiger partial charge in [-0.15, -0.1) is 0 Å². The van der Waals surface area contributed by atoms with Crippen molar-refractivity contribution < 1.29 is 37.9 Å². The molecule has 1 saturated carbocycles. The van der Waals surface area contributed by atoms with Crippen LogP contribution in [-0.2, 0) is 16.0 Å². The fourth-order valence-corrected chi connectivity index (χ4v) is 3.45. The van der Waals surface area contributed by atoms with Crippen molar-refractivity contribution in [1.82, 2.24) is 0 Å². The molecule has 10 heteroatoms. The van der Waals surface area contributed by atoms with Crippen LogP contribution in [0.2, 0.25) is 10.0 Å². The summed E-state index contributed by atoms with van der Waals surface area (Å²) in [5.74, 6) is -0.216. The summed E-state index contributed by atoms with van der Waals surface area (Å²) in [5.41, 5.74) is 1.02. The lowest BCUT2D eigenvalue weighted by molar-refractivity contribution is -0.377. The Morgan fingerprint density at radius 2 is 1.90 bits per heavy atom. The molecule has 0 bridgehead atoms. The zero-order chi connectivity index (χ0) is 22.4. The minimum atomic E-state index is -3.01. The van der Waals surface area contributed by atoms with Gasteiger partial charge in [-0.1, -0.05) is 29.3 Å². The standard InChI is InChI=1S/C21H21Cl2F2NO5/c22-15-9-26-10-16(23)14(15)8-18(30-20(28)5-6-27)13-3-4-17(31-21(24)25)19(7-13)29-11-12-1-2-12/h3-4,7,9-10,12,18,21,27H,1-2,5-6,8,11H2/p+1/t18-/m0/s1. The topological polar surface area (TPSA) is 79.1 Å². The van der Waals surface area contributed by atoms with Crippen LogP contribution in [0.15, 0.2) is 30.6 Å². The van der Waals surface area contributed by atoms with Gasteiger partial charge in [0.2, 0.25) is 0 Å². The van der Waals surface area contributed by atoms with Crippen LogP contribution in [0.25, 0.3) is 0 Å². The van der Waals surface area contributed by atoms with Crippen LogP contribution in [-0.4, -0.2) is 30.9 Å². The number of aromatic amines is 1.